The van der Waals surface area contributed by atoms with Crippen LogP contribution in [0.2, 0.25) is 0 Å². The third-order valence-electron chi connectivity index (χ3n) is 6.11. The first-order chi connectivity index (χ1) is 17.2. The maximum atomic E-state index is 12.2. The Bertz CT molecular complexity index is 1650. The van der Waals surface area contributed by atoms with Gasteiger partial charge in [-0.3, -0.25) is 4.79 Å². The molecule has 0 atom stereocenters. The molecule has 5 nitrogen and oxygen atoms in total. The van der Waals surface area contributed by atoms with Crippen LogP contribution in [0.1, 0.15) is 15.9 Å². The van der Waals surface area contributed by atoms with Gasteiger partial charge in [0.2, 0.25) is 5.91 Å². The van der Waals surface area contributed by atoms with Crippen molar-refractivity contribution in [2.75, 3.05) is 0 Å². The van der Waals surface area contributed by atoms with Crippen LogP contribution in [0.3, 0.4) is 0 Å². The summed E-state index contributed by atoms with van der Waals surface area (Å²) in [5.74, 6) is 1.87. The second kappa shape index (κ2) is 8.54. The number of aromatic nitrogens is 1. The lowest BCUT2D eigenvalue weighted by Gasteiger charge is -2.10. The van der Waals surface area contributed by atoms with Gasteiger partial charge >= 0.3 is 0 Å². The number of carbonyl (C=O) groups excluding carboxylic acids is 1. The number of hydrogen-bond donors (Lipinski definition) is 1. The minimum atomic E-state index is -0.458. The molecule has 35 heavy (non-hydrogen) atoms. The highest BCUT2D eigenvalue weighted by Crippen LogP contribution is 2.35. The first-order valence-corrected chi connectivity index (χ1v) is 11.3. The molecule has 2 aromatic heterocycles. The van der Waals surface area contributed by atoms with Crippen LogP contribution in [-0.4, -0.2) is 10.5 Å². The Kier molecular flexibility index (Phi) is 5.08. The molecule has 2 N–H and O–H groups in total. The Morgan fingerprint density at radius 2 is 1.69 bits per heavy atom. The summed E-state index contributed by atoms with van der Waals surface area (Å²) in [6.45, 7) is 0.600. The van der Waals surface area contributed by atoms with Crippen molar-refractivity contribution < 1.29 is 13.9 Å². The van der Waals surface area contributed by atoms with Crippen LogP contribution in [0.25, 0.3) is 33.1 Å². The van der Waals surface area contributed by atoms with Crippen LogP contribution in [0, 0.1) is 6.07 Å². The van der Waals surface area contributed by atoms with Gasteiger partial charge in [0.15, 0.2) is 0 Å². The third kappa shape index (κ3) is 3.83. The van der Waals surface area contributed by atoms with Crippen LogP contribution < -0.4 is 10.5 Å². The molecule has 0 spiro atoms. The van der Waals surface area contributed by atoms with E-state index < -0.39 is 5.91 Å². The van der Waals surface area contributed by atoms with Crippen LogP contribution in [-0.2, 0) is 6.54 Å². The van der Waals surface area contributed by atoms with E-state index in [4.69, 9.17) is 14.9 Å². The topological polar surface area (TPSA) is 70.4 Å². The number of ether oxygens (including phenoxy) is 1. The lowest BCUT2D eigenvalue weighted by molar-refractivity contribution is 0.100. The number of carbonyl (C=O) groups is 1. The van der Waals surface area contributed by atoms with Crippen molar-refractivity contribution in [1.82, 2.24) is 4.57 Å². The molecule has 4 aromatic carbocycles. The molecule has 6 rings (SSSR count). The van der Waals surface area contributed by atoms with Gasteiger partial charge in [0, 0.05) is 28.4 Å². The number of hydrogen-bond acceptors (Lipinski definition) is 3. The summed E-state index contributed by atoms with van der Waals surface area (Å²) in [4.78, 5) is 12.2. The average Bonchev–Trinajstić information content (AvgIpc) is 3.53. The van der Waals surface area contributed by atoms with Crippen molar-refractivity contribution in [2.24, 2.45) is 5.73 Å². The Labute approximate surface area is 202 Å². The minimum absolute atomic E-state index is 0.458. The molecule has 1 amide bonds. The molecule has 5 heteroatoms. The van der Waals surface area contributed by atoms with E-state index in [1.54, 1.807) is 12.3 Å². The van der Waals surface area contributed by atoms with E-state index in [9.17, 15) is 4.79 Å². The van der Waals surface area contributed by atoms with Crippen LogP contribution in [0.15, 0.2) is 108 Å². The highest BCUT2D eigenvalue weighted by molar-refractivity contribution is 6.18. The number of fused-ring (bicyclic) bond motifs is 3. The van der Waals surface area contributed by atoms with Gasteiger partial charge in [-0.1, -0.05) is 36.4 Å². The van der Waals surface area contributed by atoms with E-state index in [1.807, 2.05) is 84.9 Å². The Balaban J connectivity index is 1.45. The van der Waals surface area contributed by atoms with Crippen molar-refractivity contribution in [3.8, 4) is 22.8 Å². The van der Waals surface area contributed by atoms with Gasteiger partial charge in [0.25, 0.3) is 0 Å². The van der Waals surface area contributed by atoms with Crippen molar-refractivity contribution in [3.63, 3.8) is 0 Å². The van der Waals surface area contributed by atoms with Gasteiger partial charge in [-0.15, -0.1) is 0 Å². The number of nitrogens with zero attached hydrogens (tertiary/aromatic N) is 1. The third-order valence-corrected chi connectivity index (χ3v) is 6.11. The molecular formula is C30H21N2O3. The molecular weight excluding hydrogens is 436 g/mol. The van der Waals surface area contributed by atoms with Crippen LogP contribution in [0.4, 0.5) is 0 Å². The lowest BCUT2D eigenvalue weighted by Crippen LogP contribution is -2.11. The number of benzene rings is 4. The van der Waals surface area contributed by atoms with Gasteiger partial charge in [-0.05, 0) is 72.3 Å². The summed E-state index contributed by atoms with van der Waals surface area (Å²) in [7, 11) is 0. The zero-order valence-electron chi connectivity index (χ0n) is 18.8. The fourth-order valence-electron chi connectivity index (χ4n) is 4.49. The van der Waals surface area contributed by atoms with Crippen molar-refractivity contribution in [1.29, 1.82) is 0 Å². The minimum Gasteiger partial charge on any atom is -0.464 e. The number of primary amides is 1. The van der Waals surface area contributed by atoms with Gasteiger partial charge in [0.1, 0.15) is 17.3 Å². The van der Waals surface area contributed by atoms with Crippen molar-refractivity contribution >= 4 is 27.7 Å². The molecule has 0 fully saturated rings. The predicted molar refractivity (Wildman–Crippen MR) is 137 cm³/mol. The van der Waals surface area contributed by atoms with E-state index in [0.717, 1.165) is 50.2 Å². The summed E-state index contributed by atoms with van der Waals surface area (Å²) in [5, 5.41) is 1.67. The van der Waals surface area contributed by atoms with Gasteiger partial charge < -0.3 is 19.5 Å². The van der Waals surface area contributed by atoms with Crippen LogP contribution >= 0.6 is 0 Å². The standard InChI is InChI=1S/C30H21N2O3/c31-30(33)25-8-4-9-26-29(25)24-16-13-21(28-10-5-17-34-28)18-27(24)32(26)19-20-11-14-23(15-12-20)35-22-6-2-1-3-7-22/h1-15,17-18H,19H2,(H2,31,33). The molecule has 0 aliphatic heterocycles. The molecule has 0 bridgehead atoms. The average molecular weight is 458 g/mol. The largest absolute Gasteiger partial charge is 0.464 e. The molecule has 2 heterocycles. The first-order valence-electron chi connectivity index (χ1n) is 11.3. The maximum Gasteiger partial charge on any atom is 0.249 e. The second-order valence-electron chi connectivity index (χ2n) is 8.34. The van der Waals surface area contributed by atoms with E-state index in [2.05, 4.69) is 16.7 Å². The number of rotatable bonds is 6. The number of nitrogens with two attached hydrogens (primary N) is 1. The number of amides is 1. The van der Waals surface area contributed by atoms with Gasteiger partial charge in [0.05, 0.1) is 17.3 Å². The van der Waals surface area contributed by atoms with Crippen molar-refractivity contribution in [3.05, 3.63) is 121 Å². The first kappa shape index (κ1) is 20.8. The molecule has 0 aliphatic rings. The Hall–Kier alpha value is -4.77. The molecule has 0 saturated heterocycles. The Morgan fingerprint density at radius 3 is 2.43 bits per heavy atom. The smallest absolute Gasteiger partial charge is 0.249 e. The number of furan rings is 1. The summed E-state index contributed by atoms with van der Waals surface area (Å²) >= 11 is 0. The summed E-state index contributed by atoms with van der Waals surface area (Å²) in [6, 6.07) is 34.5. The fraction of sp³-hybridized carbons (Fsp3) is 0.0333. The highest BCUT2D eigenvalue weighted by atomic mass is 16.5. The molecule has 0 saturated carbocycles. The summed E-state index contributed by atoms with van der Waals surface area (Å²) < 4.78 is 13.7. The predicted octanol–water partition coefficient (Wildman–Crippen LogP) is 6.79. The molecule has 1 radical (unpaired) electrons. The molecule has 169 valence electrons. The molecule has 6 aromatic rings. The van der Waals surface area contributed by atoms with Crippen LogP contribution in [0.5, 0.6) is 11.5 Å². The number of para-hydroxylation sites is 1. The Morgan fingerprint density at radius 1 is 0.886 bits per heavy atom. The van der Waals surface area contributed by atoms with E-state index in [0.29, 0.717) is 12.1 Å². The fourth-order valence-corrected chi connectivity index (χ4v) is 4.49. The monoisotopic (exact) mass is 457 g/mol. The molecule has 0 aliphatic carbocycles. The SMILES string of the molecule is NC(=O)c1cccc2c1c1[c]cc(-c3ccco3)cc1n2Cc1ccc(Oc2ccccc2)cc1. The highest BCUT2D eigenvalue weighted by Gasteiger charge is 2.18. The maximum absolute atomic E-state index is 12.2. The van der Waals surface area contributed by atoms with Gasteiger partial charge in [-0.25, -0.2) is 0 Å². The second-order valence-corrected chi connectivity index (χ2v) is 8.34. The lowest BCUT2D eigenvalue weighted by atomic mass is 10.0. The summed E-state index contributed by atoms with van der Waals surface area (Å²) in [5.41, 5.74) is 10.1. The van der Waals surface area contributed by atoms with Crippen molar-refractivity contribution in [2.45, 2.75) is 6.54 Å². The van der Waals surface area contributed by atoms with E-state index in [-0.39, 0.29) is 0 Å². The zero-order valence-corrected chi connectivity index (χ0v) is 18.8. The normalized spacial score (nSPS) is 11.2. The van der Waals surface area contributed by atoms with E-state index >= 15 is 0 Å². The quantitative estimate of drug-likeness (QED) is 0.299. The summed E-state index contributed by atoms with van der Waals surface area (Å²) in [6.07, 6.45) is 1.65. The van der Waals surface area contributed by atoms with E-state index in [1.165, 1.54) is 0 Å². The zero-order chi connectivity index (χ0) is 23.8. The van der Waals surface area contributed by atoms with Gasteiger partial charge in [-0.2, -0.15) is 0 Å². The molecule has 0 unspecified atom stereocenters.